The van der Waals surface area contributed by atoms with Crippen LogP contribution >= 0.6 is 23.1 Å². The molecule has 144 valence electrons. The molecule has 0 unspecified atom stereocenters. The highest BCUT2D eigenvalue weighted by atomic mass is 32.2. The van der Waals surface area contributed by atoms with E-state index in [-0.39, 0.29) is 11.4 Å². The maximum Gasteiger partial charge on any atom is 0.273 e. The molecule has 0 saturated carbocycles. The van der Waals surface area contributed by atoms with Crippen LogP contribution in [0.2, 0.25) is 0 Å². The number of thiophene rings is 1. The van der Waals surface area contributed by atoms with Crippen molar-refractivity contribution < 1.29 is 4.39 Å². The molecule has 8 heteroatoms. The molecule has 0 aliphatic carbocycles. The number of fused-ring (bicyclic) bond motifs is 3. The van der Waals surface area contributed by atoms with Crippen LogP contribution in [0.1, 0.15) is 11.1 Å². The quantitative estimate of drug-likeness (QED) is 0.389. The molecule has 29 heavy (non-hydrogen) atoms. The van der Waals surface area contributed by atoms with Gasteiger partial charge >= 0.3 is 0 Å². The van der Waals surface area contributed by atoms with Crippen molar-refractivity contribution in [2.45, 2.75) is 17.5 Å². The number of aromatic nitrogens is 4. The average molecular weight is 423 g/mol. The largest absolute Gasteiger partial charge is 0.273 e. The number of nitrogens with zero attached hydrogens (tertiary/aromatic N) is 4. The minimum absolute atomic E-state index is 0.0793. The van der Waals surface area contributed by atoms with E-state index >= 15 is 0 Å². The Morgan fingerprint density at radius 2 is 1.79 bits per heavy atom. The zero-order valence-corrected chi connectivity index (χ0v) is 16.8. The van der Waals surface area contributed by atoms with E-state index in [1.165, 1.54) is 29.2 Å². The number of rotatable bonds is 5. The lowest BCUT2D eigenvalue weighted by molar-refractivity contribution is 0.617. The maximum atomic E-state index is 14.0. The zero-order valence-electron chi connectivity index (χ0n) is 15.2. The molecule has 0 bridgehead atoms. The van der Waals surface area contributed by atoms with Crippen LogP contribution in [0.25, 0.3) is 16.0 Å². The van der Waals surface area contributed by atoms with E-state index in [9.17, 15) is 9.18 Å². The highest BCUT2D eigenvalue weighted by molar-refractivity contribution is 7.98. The fraction of sp³-hybridized carbons (Fsp3) is 0.0952. The molecule has 0 aliphatic heterocycles. The van der Waals surface area contributed by atoms with Gasteiger partial charge in [-0.2, -0.15) is 0 Å². The predicted molar refractivity (Wildman–Crippen MR) is 114 cm³/mol. The zero-order chi connectivity index (χ0) is 19.8. The van der Waals surface area contributed by atoms with Gasteiger partial charge in [-0.1, -0.05) is 60.3 Å². The summed E-state index contributed by atoms with van der Waals surface area (Å²) in [5.41, 5.74) is 2.31. The molecule has 0 spiro atoms. The summed E-state index contributed by atoms with van der Waals surface area (Å²) in [6, 6.07) is 18.4. The van der Waals surface area contributed by atoms with Gasteiger partial charge in [0.15, 0.2) is 5.16 Å². The van der Waals surface area contributed by atoms with Crippen LogP contribution in [0.3, 0.4) is 0 Å². The van der Waals surface area contributed by atoms with Crippen LogP contribution < -0.4 is 5.56 Å². The molecule has 0 saturated heterocycles. The van der Waals surface area contributed by atoms with E-state index in [4.69, 9.17) is 0 Å². The fourth-order valence-corrected chi connectivity index (χ4v) is 5.01. The van der Waals surface area contributed by atoms with Crippen molar-refractivity contribution in [1.82, 2.24) is 19.2 Å². The molecule has 0 radical (unpaired) electrons. The van der Waals surface area contributed by atoms with Crippen LogP contribution in [0, 0.1) is 5.82 Å². The molecule has 0 amide bonds. The van der Waals surface area contributed by atoms with E-state index in [0.717, 1.165) is 11.1 Å². The Morgan fingerprint density at radius 1 is 1.00 bits per heavy atom. The SMILES string of the molecule is O=c1c2sccc2n2c(SCc3ccccc3F)nnc2n1Cc1ccccc1. The normalized spacial score (nSPS) is 11.5. The summed E-state index contributed by atoms with van der Waals surface area (Å²) in [5.74, 6) is 0.674. The second-order valence-electron chi connectivity index (χ2n) is 6.51. The number of halogens is 1. The molecule has 5 rings (SSSR count). The van der Waals surface area contributed by atoms with Gasteiger partial charge in [0.1, 0.15) is 10.5 Å². The minimum Gasteiger partial charge on any atom is -0.271 e. The summed E-state index contributed by atoms with van der Waals surface area (Å²) in [6.07, 6.45) is 0. The maximum absolute atomic E-state index is 14.0. The molecule has 3 aromatic heterocycles. The van der Waals surface area contributed by atoms with Gasteiger partial charge in [-0.3, -0.25) is 13.8 Å². The fourth-order valence-electron chi connectivity index (χ4n) is 3.26. The average Bonchev–Trinajstić information content (AvgIpc) is 3.38. The van der Waals surface area contributed by atoms with Gasteiger partial charge in [0.2, 0.25) is 5.78 Å². The molecule has 5 nitrogen and oxygen atoms in total. The smallest absolute Gasteiger partial charge is 0.271 e. The first-order valence-electron chi connectivity index (χ1n) is 8.97. The molecule has 0 aliphatic rings. The lowest BCUT2D eigenvalue weighted by Gasteiger charge is -2.09. The summed E-state index contributed by atoms with van der Waals surface area (Å²) in [6.45, 7) is 0.410. The second-order valence-corrected chi connectivity index (χ2v) is 8.37. The lowest BCUT2D eigenvalue weighted by Crippen LogP contribution is -2.23. The number of hydrogen-bond acceptors (Lipinski definition) is 5. The van der Waals surface area contributed by atoms with Crippen molar-refractivity contribution in [3.63, 3.8) is 0 Å². The monoisotopic (exact) mass is 422 g/mol. The van der Waals surface area contributed by atoms with Gasteiger partial charge in [0.25, 0.3) is 5.56 Å². The third-order valence-corrected chi connectivity index (χ3v) is 6.55. The van der Waals surface area contributed by atoms with Gasteiger partial charge in [-0.25, -0.2) is 4.39 Å². The van der Waals surface area contributed by atoms with Crippen molar-refractivity contribution >= 4 is 39.1 Å². The Hall–Kier alpha value is -2.97. The van der Waals surface area contributed by atoms with Crippen LogP contribution in [-0.2, 0) is 12.3 Å². The van der Waals surface area contributed by atoms with E-state index in [2.05, 4.69) is 10.2 Å². The first-order valence-corrected chi connectivity index (χ1v) is 10.8. The van der Waals surface area contributed by atoms with Crippen molar-refractivity contribution in [3.05, 3.63) is 93.3 Å². The van der Waals surface area contributed by atoms with E-state index < -0.39 is 0 Å². The van der Waals surface area contributed by atoms with Crippen LogP contribution in [0.5, 0.6) is 0 Å². The van der Waals surface area contributed by atoms with Crippen molar-refractivity contribution in [3.8, 4) is 0 Å². The summed E-state index contributed by atoms with van der Waals surface area (Å²) in [4.78, 5) is 13.1. The van der Waals surface area contributed by atoms with Crippen molar-refractivity contribution in [2.24, 2.45) is 0 Å². The van der Waals surface area contributed by atoms with Gasteiger partial charge in [-0.15, -0.1) is 21.5 Å². The third-order valence-electron chi connectivity index (χ3n) is 4.68. The number of benzene rings is 2. The summed E-state index contributed by atoms with van der Waals surface area (Å²) in [5, 5.41) is 11.1. The topological polar surface area (TPSA) is 52.2 Å². The molecular formula is C21H15FN4OS2. The van der Waals surface area contributed by atoms with Gasteiger partial charge in [0.05, 0.1) is 12.1 Å². The van der Waals surface area contributed by atoms with Gasteiger partial charge < -0.3 is 0 Å². The Labute approximate surface area is 173 Å². The van der Waals surface area contributed by atoms with E-state index in [0.29, 0.717) is 33.5 Å². The first kappa shape index (κ1) is 18.1. The summed E-state index contributed by atoms with van der Waals surface area (Å²) >= 11 is 2.81. The van der Waals surface area contributed by atoms with Crippen LogP contribution in [0.4, 0.5) is 4.39 Å². The molecule has 0 fully saturated rings. The highest BCUT2D eigenvalue weighted by Gasteiger charge is 2.18. The first-order chi connectivity index (χ1) is 14.2. The van der Waals surface area contributed by atoms with Crippen LogP contribution in [0.15, 0.2) is 76.0 Å². The summed E-state index contributed by atoms with van der Waals surface area (Å²) in [7, 11) is 0. The highest BCUT2D eigenvalue weighted by Crippen LogP contribution is 2.27. The standard InChI is InChI=1S/C21H15FN4OS2/c22-16-9-5-4-8-15(16)13-29-21-24-23-20-25(12-14-6-2-1-3-7-14)19(27)18-17(26(20)21)10-11-28-18/h1-11H,12-13H2. The predicted octanol–water partition coefficient (Wildman–Crippen LogP) is 4.59. The van der Waals surface area contributed by atoms with Crippen LogP contribution in [-0.4, -0.2) is 19.2 Å². The molecule has 3 heterocycles. The second kappa shape index (κ2) is 7.46. The Bertz CT molecular complexity index is 1370. The Kier molecular flexibility index (Phi) is 4.65. The van der Waals surface area contributed by atoms with Crippen molar-refractivity contribution in [2.75, 3.05) is 0 Å². The Morgan fingerprint density at radius 3 is 2.62 bits per heavy atom. The molecular weight excluding hydrogens is 407 g/mol. The van der Waals surface area contributed by atoms with Crippen molar-refractivity contribution in [1.29, 1.82) is 0 Å². The summed E-state index contributed by atoms with van der Waals surface area (Å²) < 4.78 is 18.2. The third kappa shape index (κ3) is 3.24. The molecule has 2 aromatic carbocycles. The molecule has 5 aromatic rings. The number of hydrogen-bond donors (Lipinski definition) is 0. The lowest BCUT2D eigenvalue weighted by atomic mass is 10.2. The number of thioether (sulfide) groups is 1. The van der Waals surface area contributed by atoms with E-state index in [1.807, 2.05) is 52.2 Å². The minimum atomic E-state index is -0.240. The Balaban J connectivity index is 1.62. The van der Waals surface area contributed by atoms with Gasteiger partial charge in [-0.05, 0) is 28.6 Å². The molecule has 0 atom stereocenters. The molecule has 0 N–H and O–H groups in total. The van der Waals surface area contributed by atoms with E-state index in [1.54, 1.807) is 16.7 Å². The van der Waals surface area contributed by atoms with Gasteiger partial charge in [0, 0.05) is 5.75 Å².